The van der Waals surface area contributed by atoms with E-state index in [-0.39, 0.29) is 6.85 Å². The van der Waals surface area contributed by atoms with E-state index in [1.54, 1.807) is 0 Å². The molecule has 11 rings (SSSR count). The summed E-state index contributed by atoms with van der Waals surface area (Å²) in [7, 11) is 0. The van der Waals surface area contributed by atoms with Crippen molar-refractivity contribution in [3.05, 3.63) is 157 Å². The number of benzene rings is 8. The Bertz CT molecular complexity index is 2870. The summed E-state index contributed by atoms with van der Waals surface area (Å²) < 4.78 is 2.60. The first kappa shape index (κ1) is 28.2. The molecule has 0 atom stereocenters. The van der Waals surface area contributed by atoms with Crippen LogP contribution in [0.25, 0.3) is 71.3 Å². The third-order valence-electron chi connectivity index (χ3n) is 11.1. The van der Waals surface area contributed by atoms with E-state index >= 15 is 0 Å². The lowest BCUT2D eigenvalue weighted by atomic mass is 9.44. The highest BCUT2D eigenvalue weighted by molar-refractivity contribution is 7.98. The summed E-state index contributed by atoms with van der Waals surface area (Å²) in [5.74, 6) is 0. The quantitative estimate of drug-likeness (QED) is 0.138. The van der Waals surface area contributed by atoms with Gasteiger partial charge in [0.15, 0.2) is 0 Å². The molecule has 0 spiro atoms. The predicted octanol–water partition coefficient (Wildman–Crippen LogP) is 11.0. The molecule has 9 aromatic rings. The number of nitrogens with zero attached hydrogens (tertiary/aromatic N) is 2. The van der Waals surface area contributed by atoms with Crippen LogP contribution in [0.3, 0.4) is 0 Å². The number of rotatable bonds is 3. The lowest BCUT2D eigenvalue weighted by Crippen LogP contribution is -2.60. The van der Waals surface area contributed by atoms with E-state index in [0.29, 0.717) is 0 Å². The first-order valence-electron chi connectivity index (χ1n) is 17.3. The van der Waals surface area contributed by atoms with Crippen LogP contribution in [0.15, 0.2) is 157 Å². The minimum absolute atomic E-state index is 0.00849. The normalized spacial score (nSPS) is 13.0. The van der Waals surface area contributed by atoms with E-state index in [0.717, 1.165) is 0 Å². The van der Waals surface area contributed by atoms with Crippen LogP contribution in [-0.2, 0) is 0 Å². The van der Waals surface area contributed by atoms with Gasteiger partial charge in [-0.15, -0.1) is 11.8 Å². The number of anilines is 2. The van der Waals surface area contributed by atoms with Gasteiger partial charge in [0, 0.05) is 38.3 Å². The first-order valence-corrected chi connectivity index (χ1v) is 18.6. The summed E-state index contributed by atoms with van der Waals surface area (Å²) in [6.07, 6.45) is 2.18. The molecule has 4 heteroatoms. The summed E-state index contributed by atoms with van der Waals surface area (Å²) in [5.41, 5.74) is 15.4. The highest BCUT2D eigenvalue weighted by Gasteiger charge is 2.44. The standard InChI is InChI=1S/C46H31BN2S/c1-28-16-18-34(19-17-28)49-42-25-33-15-9-6-12-30(33)22-37(42)38-27-36(29-10-4-3-5-11-29)44-39-23-31-13-7-8-14-32(31)24-41(39)48-43-26-35(50-2)20-21-40(43)47(49)45(38)46(44)48/h3-27H,1-2H3. The van der Waals surface area contributed by atoms with Crippen LogP contribution in [-0.4, -0.2) is 17.7 Å². The molecule has 0 bridgehead atoms. The highest BCUT2D eigenvalue weighted by Crippen LogP contribution is 2.49. The third-order valence-corrected chi connectivity index (χ3v) is 11.8. The first-order chi connectivity index (χ1) is 24.7. The second-order valence-electron chi connectivity index (χ2n) is 13.8. The Morgan fingerprint density at radius 2 is 1.24 bits per heavy atom. The van der Waals surface area contributed by atoms with Gasteiger partial charge in [0.1, 0.15) is 0 Å². The highest BCUT2D eigenvalue weighted by atomic mass is 32.2. The maximum atomic E-state index is 2.63. The van der Waals surface area contributed by atoms with Crippen molar-refractivity contribution >= 4 is 84.3 Å². The predicted molar refractivity (Wildman–Crippen MR) is 217 cm³/mol. The number of hydrogen-bond donors (Lipinski definition) is 0. The number of hydrogen-bond acceptors (Lipinski definition) is 2. The average Bonchev–Trinajstić information content (AvgIpc) is 3.50. The van der Waals surface area contributed by atoms with Gasteiger partial charge in [-0.2, -0.15) is 0 Å². The van der Waals surface area contributed by atoms with Gasteiger partial charge in [0.2, 0.25) is 0 Å². The van der Waals surface area contributed by atoms with Gasteiger partial charge in [-0.05, 0) is 117 Å². The maximum absolute atomic E-state index is 2.63. The molecule has 50 heavy (non-hydrogen) atoms. The molecule has 0 saturated heterocycles. The molecular weight excluding hydrogens is 623 g/mol. The van der Waals surface area contributed by atoms with Crippen LogP contribution in [0.1, 0.15) is 5.56 Å². The molecule has 0 unspecified atom stereocenters. The number of aromatic nitrogens is 1. The van der Waals surface area contributed by atoms with Crippen molar-refractivity contribution in [1.82, 2.24) is 4.57 Å². The third kappa shape index (κ3) is 3.83. The molecule has 234 valence electrons. The molecule has 0 fully saturated rings. The summed E-state index contributed by atoms with van der Waals surface area (Å²) in [4.78, 5) is 3.90. The molecule has 3 heterocycles. The Balaban J connectivity index is 1.40. The molecule has 0 saturated carbocycles. The Hall–Kier alpha value is -5.71. The van der Waals surface area contributed by atoms with Gasteiger partial charge in [0.25, 0.3) is 0 Å². The lowest BCUT2D eigenvalue weighted by Gasteiger charge is -2.42. The van der Waals surface area contributed by atoms with Gasteiger partial charge in [0.05, 0.1) is 11.0 Å². The van der Waals surface area contributed by atoms with Crippen LogP contribution in [0, 0.1) is 6.92 Å². The van der Waals surface area contributed by atoms with E-state index in [1.807, 2.05) is 11.8 Å². The molecule has 0 radical (unpaired) electrons. The molecule has 8 aromatic carbocycles. The number of fused-ring (bicyclic) bond motifs is 10. The monoisotopic (exact) mass is 654 g/mol. The molecule has 2 nitrogen and oxygen atoms in total. The van der Waals surface area contributed by atoms with Gasteiger partial charge >= 0.3 is 6.85 Å². The van der Waals surface area contributed by atoms with Crippen LogP contribution in [0.2, 0.25) is 0 Å². The van der Waals surface area contributed by atoms with E-state index in [4.69, 9.17) is 0 Å². The van der Waals surface area contributed by atoms with E-state index < -0.39 is 0 Å². The van der Waals surface area contributed by atoms with Crippen LogP contribution in [0.5, 0.6) is 0 Å². The van der Waals surface area contributed by atoms with Crippen LogP contribution < -0.4 is 15.7 Å². The summed E-state index contributed by atoms with van der Waals surface area (Å²) >= 11 is 1.81. The maximum Gasteiger partial charge on any atom is 0.333 e. The van der Waals surface area contributed by atoms with Gasteiger partial charge in [-0.1, -0.05) is 103 Å². The van der Waals surface area contributed by atoms with Crippen molar-refractivity contribution in [3.8, 4) is 27.9 Å². The van der Waals surface area contributed by atoms with Crippen LogP contribution in [0.4, 0.5) is 11.4 Å². The number of thioether (sulfide) groups is 1. The lowest BCUT2D eigenvalue weighted by molar-refractivity contribution is 1.17. The van der Waals surface area contributed by atoms with E-state index in [1.165, 1.54) is 104 Å². The van der Waals surface area contributed by atoms with Crippen molar-refractivity contribution < 1.29 is 0 Å². The molecule has 0 amide bonds. The Morgan fingerprint density at radius 1 is 0.560 bits per heavy atom. The SMILES string of the molecule is CSc1ccc2c(c1)-n1c3cc4ccccc4cc3c3c(-c4ccccc4)cc4c(c31)B2N(c1ccc(C)cc1)c1cc2ccccc2cc1-4. The second kappa shape index (κ2) is 10.4. The van der Waals surface area contributed by atoms with Gasteiger partial charge in [-0.25, -0.2) is 0 Å². The van der Waals surface area contributed by atoms with E-state index in [9.17, 15) is 0 Å². The minimum atomic E-state index is -0.00849. The fourth-order valence-electron chi connectivity index (χ4n) is 8.79. The molecule has 0 N–H and O–H groups in total. The molecule has 2 aliphatic heterocycles. The second-order valence-corrected chi connectivity index (χ2v) is 14.7. The summed E-state index contributed by atoms with van der Waals surface area (Å²) in [6, 6.07) is 57.1. The largest absolute Gasteiger partial charge is 0.376 e. The number of aryl methyl sites for hydroxylation is 1. The van der Waals surface area contributed by atoms with Crippen molar-refractivity contribution in [2.75, 3.05) is 11.1 Å². The topological polar surface area (TPSA) is 8.17 Å². The van der Waals surface area contributed by atoms with Gasteiger partial charge in [-0.3, -0.25) is 0 Å². The van der Waals surface area contributed by atoms with Crippen molar-refractivity contribution in [1.29, 1.82) is 0 Å². The molecule has 0 aliphatic carbocycles. The smallest absolute Gasteiger partial charge is 0.333 e. The Labute approximate surface area is 295 Å². The molecule has 1 aromatic heterocycles. The average molecular weight is 655 g/mol. The Morgan fingerprint density at radius 3 is 1.98 bits per heavy atom. The summed E-state index contributed by atoms with van der Waals surface area (Å²) in [6.45, 7) is 2.17. The zero-order valence-electron chi connectivity index (χ0n) is 27.8. The van der Waals surface area contributed by atoms with Gasteiger partial charge < -0.3 is 9.38 Å². The van der Waals surface area contributed by atoms with Crippen LogP contribution >= 0.6 is 11.8 Å². The Kier molecular flexibility index (Phi) is 5.86. The zero-order valence-corrected chi connectivity index (χ0v) is 28.6. The van der Waals surface area contributed by atoms with Crippen molar-refractivity contribution in [2.45, 2.75) is 11.8 Å². The van der Waals surface area contributed by atoms with Crippen molar-refractivity contribution in [3.63, 3.8) is 0 Å². The molecule has 2 aliphatic rings. The molecular formula is C46H31BN2S. The van der Waals surface area contributed by atoms with E-state index in [2.05, 4.69) is 174 Å². The van der Waals surface area contributed by atoms with Crippen molar-refractivity contribution in [2.24, 2.45) is 0 Å². The zero-order chi connectivity index (χ0) is 33.1. The minimum Gasteiger partial charge on any atom is -0.376 e. The fourth-order valence-corrected chi connectivity index (χ4v) is 9.23. The summed E-state index contributed by atoms with van der Waals surface area (Å²) in [5, 5.41) is 7.67. The fraction of sp³-hybridized carbons (Fsp3) is 0.0435.